The van der Waals surface area contributed by atoms with E-state index in [1.165, 1.54) is 27.8 Å². The van der Waals surface area contributed by atoms with Crippen molar-refractivity contribution < 1.29 is 4.74 Å². The summed E-state index contributed by atoms with van der Waals surface area (Å²) in [5.74, 6) is 0.958. The normalized spacial score (nSPS) is 13.7. The lowest BCUT2D eigenvalue weighted by atomic mass is 9.79. The quantitative estimate of drug-likeness (QED) is 0.0940. The number of nitrogens with zero attached hydrogens (tertiary/aromatic N) is 2. The molecular formula is C45H59BrN2O. The van der Waals surface area contributed by atoms with Gasteiger partial charge in [0, 0.05) is 46.4 Å². The third-order valence-electron chi connectivity index (χ3n) is 9.24. The van der Waals surface area contributed by atoms with E-state index in [1.807, 2.05) is 0 Å². The molecule has 0 saturated carbocycles. The summed E-state index contributed by atoms with van der Waals surface area (Å²) in [6.45, 7) is 23.5. The Morgan fingerprint density at radius 3 is 1.84 bits per heavy atom. The van der Waals surface area contributed by atoms with Crippen molar-refractivity contribution >= 4 is 27.3 Å². The van der Waals surface area contributed by atoms with Crippen molar-refractivity contribution in [1.29, 1.82) is 0 Å². The Labute approximate surface area is 306 Å². The summed E-state index contributed by atoms with van der Waals surface area (Å²) >= 11 is 3.85. The highest BCUT2D eigenvalue weighted by molar-refractivity contribution is 9.10. The number of rotatable bonds is 14. The minimum Gasteiger partial charge on any atom is -0.480 e. The molecule has 0 unspecified atom stereocenters. The third kappa shape index (κ3) is 10.3. The zero-order chi connectivity index (χ0) is 35.8. The average molecular weight is 724 g/mol. The van der Waals surface area contributed by atoms with E-state index in [4.69, 9.17) is 9.73 Å². The van der Waals surface area contributed by atoms with Gasteiger partial charge in [0.05, 0.1) is 11.4 Å². The van der Waals surface area contributed by atoms with Crippen molar-refractivity contribution in [2.75, 3.05) is 0 Å². The van der Waals surface area contributed by atoms with Crippen LogP contribution in [-0.4, -0.2) is 16.4 Å². The summed E-state index contributed by atoms with van der Waals surface area (Å²) < 4.78 is 10.8. The number of allylic oxidation sites excluding steroid dienone is 1. The van der Waals surface area contributed by atoms with Crippen molar-refractivity contribution in [3.8, 4) is 5.75 Å². The highest BCUT2D eigenvalue weighted by Gasteiger charge is 2.31. The van der Waals surface area contributed by atoms with Gasteiger partial charge in [-0.05, 0) is 70.7 Å². The van der Waals surface area contributed by atoms with Gasteiger partial charge in [-0.2, -0.15) is 0 Å². The van der Waals surface area contributed by atoms with Gasteiger partial charge in [-0.25, -0.2) is 0 Å². The Kier molecular flexibility index (Phi) is 13.0. The molecule has 0 amide bonds. The van der Waals surface area contributed by atoms with Crippen LogP contribution in [0.2, 0.25) is 0 Å². The van der Waals surface area contributed by atoms with Crippen LogP contribution in [0.1, 0.15) is 116 Å². The second-order valence-corrected chi connectivity index (χ2v) is 16.9. The van der Waals surface area contributed by atoms with Gasteiger partial charge in [-0.1, -0.05) is 153 Å². The number of ether oxygens (including phenoxy) is 1. The molecule has 3 aromatic carbocycles. The second kappa shape index (κ2) is 16.6. The second-order valence-electron chi connectivity index (χ2n) is 16.0. The molecule has 0 aliphatic heterocycles. The van der Waals surface area contributed by atoms with Crippen LogP contribution in [0.3, 0.4) is 0 Å². The predicted octanol–water partition coefficient (Wildman–Crippen LogP) is 12.9. The van der Waals surface area contributed by atoms with Crippen molar-refractivity contribution in [1.82, 2.24) is 4.57 Å². The molecule has 4 rings (SSSR count). The van der Waals surface area contributed by atoms with Crippen LogP contribution in [-0.2, 0) is 35.6 Å². The zero-order valence-electron chi connectivity index (χ0n) is 31.7. The number of aryl methyl sites for hydroxylation is 3. The van der Waals surface area contributed by atoms with Gasteiger partial charge in [0.25, 0.3) is 0 Å². The molecule has 4 aromatic rings. The van der Waals surface area contributed by atoms with Crippen molar-refractivity contribution in [3.63, 3.8) is 0 Å². The third-order valence-corrected chi connectivity index (χ3v) is 9.70. The fourth-order valence-electron chi connectivity index (χ4n) is 6.37. The van der Waals surface area contributed by atoms with Crippen molar-refractivity contribution in [2.45, 2.75) is 130 Å². The van der Waals surface area contributed by atoms with E-state index < -0.39 is 0 Å². The molecular weight excluding hydrogens is 664 g/mol. The number of benzene rings is 3. The van der Waals surface area contributed by atoms with Gasteiger partial charge in [0.1, 0.15) is 5.75 Å². The molecule has 262 valence electrons. The molecule has 1 atom stereocenters. The van der Waals surface area contributed by atoms with Crippen molar-refractivity contribution in [2.24, 2.45) is 4.99 Å². The Morgan fingerprint density at radius 2 is 1.33 bits per heavy atom. The smallest absolute Gasteiger partial charge is 0.155 e. The lowest BCUT2D eigenvalue weighted by Crippen LogP contribution is -2.30. The molecule has 0 aliphatic carbocycles. The first-order chi connectivity index (χ1) is 23.1. The molecule has 4 heteroatoms. The standard InChI is InChI=1S/C45H59BrN2O/c1-11-19-33-21-18-22-34(20-12-2)41(33)47-39(26-30-48-28-16-17-29-48)40(25-27-45(9,10)35-23-14-13-15-24-35)49-42-37(43(3,4)5)31-36(46)32-38(42)44(6,7)8/h13-18,21-25,27-29,31-32,40H,11-12,19-20,26,30H2,1-10H3/b27-25+,47-39?/t40-/m1/s1. The fourth-order valence-corrected chi connectivity index (χ4v) is 6.83. The molecule has 0 fully saturated rings. The first kappa shape index (κ1) is 38.4. The van der Waals surface area contributed by atoms with Gasteiger partial charge >= 0.3 is 0 Å². The molecule has 0 bridgehead atoms. The Bertz CT molecular complexity index is 1640. The minimum atomic E-state index is -0.383. The molecule has 3 nitrogen and oxygen atoms in total. The van der Waals surface area contributed by atoms with Gasteiger partial charge in [0.2, 0.25) is 0 Å². The van der Waals surface area contributed by atoms with E-state index in [1.54, 1.807) is 0 Å². The first-order valence-corrected chi connectivity index (χ1v) is 19.0. The molecule has 0 aliphatic rings. The van der Waals surface area contributed by atoms with Gasteiger partial charge < -0.3 is 9.30 Å². The number of halogens is 1. The fraction of sp³-hybridized carbons (Fsp3) is 0.444. The first-order valence-electron chi connectivity index (χ1n) is 18.2. The van der Waals surface area contributed by atoms with Crippen LogP contribution >= 0.6 is 15.9 Å². The maximum atomic E-state index is 7.47. The molecule has 0 radical (unpaired) electrons. The summed E-state index contributed by atoms with van der Waals surface area (Å²) in [7, 11) is 0. The maximum absolute atomic E-state index is 7.47. The minimum absolute atomic E-state index is 0.138. The van der Waals surface area contributed by atoms with E-state index in [0.29, 0.717) is 0 Å². The van der Waals surface area contributed by atoms with Crippen LogP contribution < -0.4 is 4.74 Å². The number of hydrogen-bond donors (Lipinski definition) is 0. The van der Waals surface area contributed by atoms with E-state index in [0.717, 1.165) is 60.3 Å². The Hall–Kier alpha value is -3.37. The van der Waals surface area contributed by atoms with E-state index in [-0.39, 0.29) is 22.3 Å². The van der Waals surface area contributed by atoms with Crippen molar-refractivity contribution in [3.05, 3.63) is 130 Å². The highest BCUT2D eigenvalue weighted by atomic mass is 79.9. The lowest BCUT2D eigenvalue weighted by molar-refractivity contribution is 0.291. The molecule has 0 spiro atoms. The monoisotopic (exact) mass is 722 g/mol. The number of aromatic nitrogens is 1. The number of para-hydroxylation sites is 1. The Morgan fingerprint density at radius 1 is 0.776 bits per heavy atom. The predicted molar refractivity (Wildman–Crippen MR) is 215 cm³/mol. The van der Waals surface area contributed by atoms with Gasteiger partial charge in [-0.3, -0.25) is 4.99 Å². The zero-order valence-corrected chi connectivity index (χ0v) is 33.3. The molecule has 0 N–H and O–H groups in total. The summed E-state index contributed by atoms with van der Waals surface area (Å²) in [4.78, 5) is 5.68. The van der Waals surface area contributed by atoms with Crippen LogP contribution in [0.15, 0.2) is 107 Å². The van der Waals surface area contributed by atoms with E-state index >= 15 is 0 Å². The summed E-state index contributed by atoms with van der Waals surface area (Å²) in [5, 5.41) is 0. The molecule has 1 aromatic heterocycles. The number of aliphatic imine (C=N–C) groups is 1. The average Bonchev–Trinajstić information content (AvgIpc) is 3.56. The maximum Gasteiger partial charge on any atom is 0.155 e. The SMILES string of the molecule is CCCc1cccc(CCC)c1N=C(CCn1cccc1)[C@@H](/C=C/C(C)(C)c1ccccc1)Oc1c(C(C)(C)C)cc(Br)cc1C(C)(C)C. The molecule has 1 heterocycles. The largest absolute Gasteiger partial charge is 0.480 e. The summed E-state index contributed by atoms with van der Waals surface area (Å²) in [6.07, 6.45) is 13.4. The highest BCUT2D eigenvalue weighted by Crippen LogP contribution is 2.43. The van der Waals surface area contributed by atoms with E-state index in [2.05, 4.69) is 187 Å². The van der Waals surface area contributed by atoms with Crippen LogP contribution in [0.25, 0.3) is 0 Å². The summed E-state index contributed by atoms with van der Waals surface area (Å²) in [6, 6.07) is 26.2. The van der Waals surface area contributed by atoms with Crippen LogP contribution in [0, 0.1) is 0 Å². The lowest BCUT2D eigenvalue weighted by Gasteiger charge is -2.32. The molecule has 49 heavy (non-hydrogen) atoms. The van der Waals surface area contributed by atoms with Gasteiger partial charge in [0.15, 0.2) is 6.10 Å². The summed E-state index contributed by atoms with van der Waals surface area (Å²) in [5.41, 5.74) is 7.96. The van der Waals surface area contributed by atoms with Gasteiger partial charge in [-0.15, -0.1) is 0 Å². The number of hydrogen-bond acceptors (Lipinski definition) is 2. The topological polar surface area (TPSA) is 26.5 Å². The Balaban J connectivity index is 2.00. The van der Waals surface area contributed by atoms with E-state index in [9.17, 15) is 0 Å². The molecule has 0 saturated heterocycles. The van der Waals surface area contributed by atoms with Crippen LogP contribution in [0.5, 0.6) is 5.75 Å². The van der Waals surface area contributed by atoms with Crippen LogP contribution in [0.4, 0.5) is 5.69 Å².